The van der Waals surface area contributed by atoms with Crippen molar-refractivity contribution in [3.8, 4) is 0 Å². The minimum absolute atomic E-state index is 0.123. The lowest BCUT2D eigenvalue weighted by atomic mass is 10.2. The Kier molecular flexibility index (Phi) is 4.95. The van der Waals surface area contributed by atoms with E-state index in [1.54, 1.807) is 0 Å². The smallest absolute Gasteiger partial charge is 0.291 e. The summed E-state index contributed by atoms with van der Waals surface area (Å²) in [7, 11) is 0. The van der Waals surface area contributed by atoms with E-state index in [4.69, 9.17) is 5.84 Å². The summed E-state index contributed by atoms with van der Waals surface area (Å²) in [4.78, 5) is 22.5. The van der Waals surface area contributed by atoms with Crippen LogP contribution in [0.15, 0.2) is 16.1 Å². The van der Waals surface area contributed by atoms with Gasteiger partial charge in [0.2, 0.25) is 11.1 Å². The molecule has 0 bridgehead atoms. The summed E-state index contributed by atoms with van der Waals surface area (Å²) >= 11 is 1.07. The summed E-state index contributed by atoms with van der Waals surface area (Å²) in [5.41, 5.74) is -0.454. The molecule has 1 amide bonds. The minimum atomic E-state index is -0.454. The Bertz CT molecular complexity index is 445. The Morgan fingerprint density at radius 3 is 3.00 bits per heavy atom. The summed E-state index contributed by atoms with van der Waals surface area (Å²) in [5, 5.41) is 10.1. The largest absolute Gasteiger partial charge is 0.355 e. The van der Waals surface area contributed by atoms with Gasteiger partial charge in [-0.15, -0.1) is 5.10 Å². The van der Waals surface area contributed by atoms with Crippen molar-refractivity contribution in [1.82, 2.24) is 20.2 Å². The van der Waals surface area contributed by atoms with E-state index >= 15 is 0 Å². The molecule has 8 heteroatoms. The fourth-order valence-corrected chi connectivity index (χ4v) is 1.63. The molecular formula is C9H15N5O2S. The predicted octanol–water partition coefficient (Wildman–Crippen LogP) is -0.784. The van der Waals surface area contributed by atoms with Crippen LogP contribution in [0.2, 0.25) is 0 Å². The molecule has 1 heterocycles. The molecule has 0 aliphatic heterocycles. The van der Waals surface area contributed by atoms with Crippen molar-refractivity contribution in [3.63, 3.8) is 0 Å². The van der Waals surface area contributed by atoms with Gasteiger partial charge >= 0.3 is 0 Å². The van der Waals surface area contributed by atoms with Gasteiger partial charge in [-0.05, 0) is 5.92 Å². The van der Waals surface area contributed by atoms with Gasteiger partial charge in [0.25, 0.3) is 5.56 Å². The van der Waals surface area contributed by atoms with Crippen molar-refractivity contribution in [2.45, 2.75) is 19.0 Å². The fourth-order valence-electron chi connectivity index (χ4n) is 0.930. The molecule has 0 atom stereocenters. The van der Waals surface area contributed by atoms with E-state index in [9.17, 15) is 9.59 Å². The van der Waals surface area contributed by atoms with Crippen molar-refractivity contribution in [1.29, 1.82) is 0 Å². The normalized spacial score (nSPS) is 10.5. The molecule has 0 aliphatic carbocycles. The zero-order valence-electron chi connectivity index (χ0n) is 9.71. The Morgan fingerprint density at radius 1 is 1.65 bits per heavy atom. The molecule has 17 heavy (non-hydrogen) atoms. The van der Waals surface area contributed by atoms with Gasteiger partial charge in [0, 0.05) is 6.54 Å². The van der Waals surface area contributed by atoms with Crippen molar-refractivity contribution >= 4 is 17.7 Å². The van der Waals surface area contributed by atoms with E-state index in [-0.39, 0.29) is 16.8 Å². The SMILES string of the molecule is CC(C)CNC(=O)CSc1nncc(=O)n1N. The standard InChI is InChI=1S/C9H15N5O2S/c1-6(2)3-11-7(15)5-17-9-13-12-4-8(16)14(9)10/h4,6H,3,5,10H2,1-2H3,(H,11,15). The van der Waals surface area contributed by atoms with Gasteiger partial charge in [-0.2, -0.15) is 9.77 Å². The third-order valence-electron chi connectivity index (χ3n) is 1.79. The van der Waals surface area contributed by atoms with Crippen LogP contribution in [0.25, 0.3) is 0 Å². The molecule has 0 saturated carbocycles. The van der Waals surface area contributed by atoms with Gasteiger partial charge in [-0.25, -0.2) is 0 Å². The third kappa shape index (κ3) is 4.43. The fraction of sp³-hybridized carbons (Fsp3) is 0.556. The van der Waals surface area contributed by atoms with E-state index in [0.29, 0.717) is 12.5 Å². The Morgan fingerprint density at radius 2 is 2.35 bits per heavy atom. The number of rotatable bonds is 5. The van der Waals surface area contributed by atoms with E-state index in [1.807, 2.05) is 13.8 Å². The molecular weight excluding hydrogens is 242 g/mol. The number of aromatic nitrogens is 3. The van der Waals surface area contributed by atoms with Crippen LogP contribution in [0.4, 0.5) is 0 Å². The van der Waals surface area contributed by atoms with Crippen LogP contribution >= 0.6 is 11.8 Å². The molecule has 0 aromatic carbocycles. The number of hydrogen-bond donors (Lipinski definition) is 2. The molecule has 0 radical (unpaired) electrons. The van der Waals surface area contributed by atoms with Crippen LogP contribution < -0.4 is 16.7 Å². The number of nitrogens with two attached hydrogens (primary N) is 1. The quantitative estimate of drug-likeness (QED) is 0.529. The molecule has 0 saturated heterocycles. The van der Waals surface area contributed by atoms with Crippen molar-refractivity contribution in [2.24, 2.45) is 5.92 Å². The summed E-state index contributed by atoms with van der Waals surface area (Å²) in [6, 6.07) is 0. The van der Waals surface area contributed by atoms with Crippen LogP contribution in [0.3, 0.4) is 0 Å². The maximum Gasteiger partial charge on any atom is 0.291 e. The topological polar surface area (TPSA) is 103 Å². The first-order valence-corrected chi connectivity index (χ1v) is 6.08. The zero-order chi connectivity index (χ0) is 12.8. The number of amides is 1. The second kappa shape index (κ2) is 6.24. The molecule has 1 aromatic heterocycles. The number of thioether (sulfide) groups is 1. The second-order valence-electron chi connectivity index (χ2n) is 3.82. The average molecular weight is 257 g/mol. The third-order valence-corrected chi connectivity index (χ3v) is 2.74. The molecule has 0 spiro atoms. The minimum Gasteiger partial charge on any atom is -0.355 e. The van der Waals surface area contributed by atoms with E-state index in [1.165, 1.54) is 0 Å². The Hall–Kier alpha value is -1.57. The van der Waals surface area contributed by atoms with E-state index < -0.39 is 5.56 Å². The number of nitrogen functional groups attached to an aromatic ring is 1. The first-order chi connectivity index (χ1) is 8.00. The highest BCUT2D eigenvalue weighted by Crippen LogP contribution is 2.09. The van der Waals surface area contributed by atoms with Gasteiger partial charge in [-0.1, -0.05) is 25.6 Å². The number of nitrogens with one attached hydrogen (secondary N) is 1. The lowest BCUT2D eigenvalue weighted by Gasteiger charge is -2.07. The second-order valence-corrected chi connectivity index (χ2v) is 4.76. The number of hydrogen-bond acceptors (Lipinski definition) is 6. The van der Waals surface area contributed by atoms with Crippen molar-refractivity contribution in [2.75, 3.05) is 18.1 Å². The predicted molar refractivity (Wildman–Crippen MR) is 65.0 cm³/mol. The van der Waals surface area contributed by atoms with Crippen LogP contribution in [0.1, 0.15) is 13.8 Å². The lowest BCUT2D eigenvalue weighted by Crippen LogP contribution is -2.31. The number of carbonyl (C=O) groups excluding carboxylic acids is 1. The Labute approximate surface area is 103 Å². The molecule has 7 nitrogen and oxygen atoms in total. The van der Waals surface area contributed by atoms with Crippen LogP contribution in [0, 0.1) is 5.92 Å². The van der Waals surface area contributed by atoms with E-state index in [2.05, 4.69) is 15.5 Å². The highest BCUT2D eigenvalue weighted by atomic mass is 32.2. The first-order valence-electron chi connectivity index (χ1n) is 5.10. The molecule has 0 unspecified atom stereocenters. The van der Waals surface area contributed by atoms with Crippen LogP contribution in [-0.4, -0.2) is 33.1 Å². The van der Waals surface area contributed by atoms with Crippen molar-refractivity contribution < 1.29 is 4.79 Å². The first kappa shape index (κ1) is 13.5. The van der Waals surface area contributed by atoms with Gasteiger partial charge in [0.1, 0.15) is 6.20 Å². The molecule has 1 aromatic rings. The summed E-state index contributed by atoms with van der Waals surface area (Å²) in [6.07, 6.45) is 1.02. The average Bonchev–Trinajstić information content (AvgIpc) is 2.28. The molecule has 0 aliphatic rings. The summed E-state index contributed by atoms with van der Waals surface area (Å²) < 4.78 is 0.868. The van der Waals surface area contributed by atoms with Crippen molar-refractivity contribution in [3.05, 3.63) is 16.6 Å². The lowest BCUT2D eigenvalue weighted by molar-refractivity contribution is -0.118. The highest BCUT2D eigenvalue weighted by molar-refractivity contribution is 7.99. The van der Waals surface area contributed by atoms with Gasteiger partial charge < -0.3 is 11.2 Å². The monoisotopic (exact) mass is 257 g/mol. The van der Waals surface area contributed by atoms with E-state index in [0.717, 1.165) is 22.6 Å². The van der Waals surface area contributed by atoms with Crippen LogP contribution in [-0.2, 0) is 4.79 Å². The number of nitrogens with zero attached hydrogens (tertiary/aromatic N) is 3. The van der Waals surface area contributed by atoms with Gasteiger partial charge in [0.15, 0.2) is 0 Å². The Balaban J connectivity index is 2.48. The maximum absolute atomic E-state index is 11.4. The molecule has 1 rings (SSSR count). The molecule has 94 valence electrons. The number of carbonyl (C=O) groups is 1. The zero-order valence-corrected chi connectivity index (χ0v) is 10.5. The van der Waals surface area contributed by atoms with Crippen LogP contribution in [0.5, 0.6) is 0 Å². The van der Waals surface area contributed by atoms with Gasteiger partial charge in [0.05, 0.1) is 5.75 Å². The molecule has 0 fully saturated rings. The highest BCUT2D eigenvalue weighted by Gasteiger charge is 2.08. The summed E-state index contributed by atoms with van der Waals surface area (Å²) in [6.45, 7) is 4.64. The maximum atomic E-state index is 11.4. The summed E-state index contributed by atoms with van der Waals surface area (Å²) in [5.74, 6) is 5.87. The molecule has 3 N–H and O–H groups in total. The van der Waals surface area contributed by atoms with Gasteiger partial charge in [-0.3, -0.25) is 9.59 Å².